The second-order valence-corrected chi connectivity index (χ2v) is 22.1. The van der Waals surface area contributed by atoms with Crippen LogP contribution in [0.5, 0.6) is 0 Å². The van der Waals surface area contributed by atoms with E-state index in [4.69, 9.17) is 14.2 Å². The van der Waals surface area contributed by atoms with Crippen LogP contribution in [0.4, 0.5) is 0 Å². The highest BCUT2D eigenvalue weighted by Gasteiger charge is 2.47. The summed E-state index contributed by atoms with van der Waals surface area (Å²) in [6, 6.07) is -1.02. The largest absolute Gasteiger partial charge is 0.454 e. The van der Waals surface area contributed by atoms with Crippen LogP contribution in [-0.2, 0) is 23.8 Å². The summed E-state index contributed by atoms with van der Waals surface area (Å²) in [5.74, 6) is -1.19. The Balaban J connectivity index is 2.65. The monoisotopic (exact) mass is 1060 g/mol. The fraction of sp³-hybridized carbons (Fsp3) is 0.875. The van der Waals surface area contributed by atoms with Crippen LogP contribution in [0.1, 0.15) is 297 Å². The zero-order valence-corrected chi connectivity index (χ0v) is 48.7. The van der Waals surface area contributed by atoms with Gasteiger partial charge in [-0.3, -0.25) is 9.59 Å². The van der Waals surface area contributed by atoms with Crippen molar-refractivity contribution in [3.05, 3.63) is 36.5 Å². The standard InChI is InChI=1S/C64H119NO10/c1-4-7-10-13-16-19-22-24-26-28-30-31-33-36-39-42-45-48-51-57(68)63(72)65-55(56(67)50-47-44-41-38-35-21-18-15-12-9-6-3)54-73-64-62(61(71)60(70)58(53-66)74-64)75-59(69)52-49-46-43-40-37-34-32-29-27-25-23-20-17-14-11-8-5-2/h16,19,24,26,47,50,55-58,60-62,64,66-68,70-71H,4-15,17-18,20-23,25,27-46,48-49,51-54H2,1-3H3,(H,65,72)/b19-16-,26-24-,50-47+. The van der Waals surface area contributed by atoms with E-state index in [-0.39, 0.29) is 19.4 Å². The molecule has 0 bridgehead atoms. The van der Waals surface area contributed by atoms with Gasteiger partial charge in [-0.05, 0) is 57.8 Å². The highest BCUT2D eigenvalue weighted by atomic mass is 16.7. The van der Waals surface area contributed by atoms with Crippen LogP contribution in [0.15, 0.2) is 36.5 Å². The predicted molar refractivity (Wildman–Crippen MR) is 311 cm³/mol. The van der Waals surface area contributed by atoms with Gasteiger partial charge in [0.05, 0.1) is 25.4 Å². The first-order valence-electron chi connectivity index (χ1n) is 31.8. The Kier molecular flexibility index (Phi) is 49.7. The molecule has 0 aromatic rings. The second-order valence-electron chi connectivity index (χ2n) is 22.1. The van der Waals surface area contributed by atoms with Gasteiger partial charge < -0.3 is 45.1 Å². The lowest BCUT2D eigenvalue weighted by Crippen LogP contribution is -2.61. The maximum atomic E-state index is 13.4. The summed E-state index contributed by atoms with van der Waals surface area (Å²) in [5.41, 5.74) is 0. The molecule has 440 valence electrons. The molecule has 0 aliphatic carbocycles. The molecule has 1 heterocycles. The minimum atomic E-state index is -1.61. The molecule has 0 saturated carbocycles. The molecule has 11 heteroatoms. The van der Waals surface area contributed by atoms with E-state index in [0.29, 0.717) is 12.8 Å². The summed E-state index contributed by atoms with van der Waals surface area (Å²) < 4.78 is 17.6. The Morgan fingerprint density at radius 3 is 1.39 bits per heavy atom. The number of hydrogen-bond acceptors (Lipinski definition) is 10. The molecule has 6 N–H and O–H groups in total. The number of unbranched alkanes of at least 4 members (excludes halogenated alkanes) is 36. The van der Waals surface area contributed by atoms with Crippen molar-refractivity contribution in [2.24, 2.45) is 0 Å². The third-order valence-corrected chi connectivity index (χ3v) is 15.0. The highest BCUT2D eigenvalue weighted by Crippen LogP contribution is 2.26. The maximum Gasteiger partial charge on any atom is 0.306 e. The quantitative estimate of drug-likeness (QED) is 0.0195. The molecule has 1 amide bonds. The molecule has 0 aromatic heterocycles. The van der Waals surface area contributed by atoms with E-state index in [1.165, 1.54) is 180 Å². The molecule has 8 unspecified atom stereocenters. The SMILES string of the molecule is CCCCC/C=C\C/C=C\CCCCCCCCCCC(O)C(=O)NC(COC1OC(CO)C(O)C(O)C1OC(=O)CCCCCCCCCCCCCCCCCCC)C(O)/C=C/CCCCCCCCCCC. The smallest absolute Gasteiger partial charge is 0.306 e. The summed E-state index contributed by atoms with van der Waals surface area (Å²) in [5, 5.41) is 57.0. The number of carbonyl (C=O) groups excluding carboxylic acids is 2. The van der Waals surface area contributed by atoms with Crippen molar-refractivity contribution < 1.29 is 49.3 Å². The van der Waals surface area contributed by atoms with Crippen LogP contribution in [0.3, 0.4) is 0 Å². The van der Waals surface area contributed by atoms with Crippen molar-refractivity contribution in [3.8, 4) is 0 Å². The summed E-state index contributed by atoms with van der Waals surface area (Å²) >= 11 is 0. The first-order chi connectivity index (χ1) is 36.7. The number of allylic oxidation sites excluding steroid dienone is 5. The van der Waals surface area contributed by atoms with Gasteiger partial charge in [0, 0.05) is 6.42 Å². The molecular weight excluding hydrogens is 943 g/mol. The van der Waals surface area contributed by atoms with Crippen LogP contribution in [-0.4, -0.2) is 99.6 Å². The number of ether oxygens (including phenoxy) is 3. The predicted octanol–water partition coefficient (Wildman–Crippen LogP) is 15.1. The van der Waals surface area contributed by atoms with Crippen LogP contribution < -0.4 is 5.32 Å². The molecule has 1 aliphatic heterocycles. The molecule has 1 rings (SSSR count). The third-order valence-electron chi connectivity index (χ3n) is 15.0. The maximum absolute atomic E-state index is 13.4. The van der Waals surface area contributed by atoms with Crippen molar-refractivity contribution in [2.45, 2.75) is 346 Å². The molecule has 1 fully saturated rings. The van der Waals surface area contributed by atoms with Crippen molar-refractivity contribution >= 4 is 11.9 Å². The Morgan fingerprint density at radius 2 is 0.920 bits per heavy atom. The van der Waals surface area contributed by atoms with E-state index in [9.17, 15) is 35.1 Å². The summed E-state index contributed by atoms with van der Waals surface area (Å²) in [4.78, 5) is 26.5. The number of aliphatic hydroxyl groups is 5. The van der Waals surface area contributed by atoms with Gasteiger partial charge in [0.1, 0.15) is 24.4 Å². The number of carbonyl (C=O) groups is 2. The van der Waals surface area contributed by atoms with Crippen LogP contribution in [0, 0.1) is 0 Å². The Hall–Kier alpha value is -2.12. The van der Waals surface area contributed by atoms with E-state index < -0.39 is 67.4 Å². The van der Waals surface area contributed by atoms with Gasteiger partial charge in [-0.15, -0.1) is 0 Å². The third kappa shape index (κ3) is 40.7. The van der Waals surface area contributed by atoms with E-state index in [0.717, 1.165) is 70.6 Å². The molecular formula is C64H119NO10. The lowest BCUT2D eigenvalue weighted by atomic mass is 9.99. The van der Waals surface area contributed by atoms with E-state index >= 15 is 0 Å². The van der Waals surface area contributed by atoms with E-state index in [1.54, 1.807) is 6.08 Å². The molecule has 8 atom stereocenters. The number of hydrogen-bond donors (Lipinski definition) is 6. The van der Waals surface area contributed by atoms with Gasteiger partial charge in [0.2, 0.25) is 5.91 Å². The van der Waals surface area contributed by atoms with Gasteiger partial charge in [-0.2, -0.15) is 0 Å². The second kappa shape index (κ2) is 52.6. The molecule has 11 nitrogen and oxygen atoms in total. The minimum absolute atomic E-state index is 0.128. The van der Waals surface area contributed by atoms with E-state index in [1.807, 2.05) is 6.08 Å². The average molecular weight is 1060 g/mol. The molecule has 0 spiro atoms. The first kappa shape index (κ1) is 70.9. The highest BCUT2D eigenvalue weighted by molar-refractivity contribution is 5.80. The Morgan fingerprint density at radius 1 is 0.520 bits per heavy atom. The molecule has 75 heavy (non-hydrogen) atoms. The molecule has 1 aliphatic rings. The summed E-state index contributed by atoms with van der Waals surface area (Å²) in [7, 11) is 0. The van der Waals surface area contributed by atoms with Gasteiger partial charge in [0.15, 0.2) is 12.4 Å². The zero-order valence-electron chi connectivity index (χ0n) is 48.7. The number of rotatable bonds is 54. The van der Waals surface area contributed by atoms with Crippen LogP contribution >= 0.6 is 0 Å². The van der Waals surface area contributed by atoms with Crippen LogP contribution in [0.2, 0.25) is 0 Å². The molecule has 0 radical (unpaired) electrons. The van der Waals surface area contributed by atoms with E-state index in [2.05, 4.69) is 50.4 Å². The van der Waals surface area contributed by atoms with Crippen LogP contribution in [0.25, 0.3) is 0 Å². The lowest BCUT2D eigenvalue weighted by molar-refractivity contribution is -0.305. The van der Waals surface area contributed by atoms with Gasteiger partial charge in [-0.1, -0.05) is 269 Å². The summed E-state index contributed by atoms with van der Waals surface area (Å²) in [6.45, 7) is 5.78. The van der Waals surface area contributed by atoms with Gasteiger partial charge in [-0.25, -0.2) is 0 Å². The first-order valence-corrected chi connectivity index (χ1v) is 31.8. The fourth-order valence-electron chi connectivity index (χ4n) is 9.98. The van der Waals surface area contributed by atoms with Gasteiger partial charge >= 0.3 is 5.97 Å². The normalized spacial score (nSPS) is 19.4. The van der Waals surface area contributed by atoms with Crippen molar-refractivity contribution in [1.82, 2.24) is 5.32 Å². The van der Waals surface area contributed by atoms with Crippen molar-refractivity contribution in [3.63, 3.8) is 0 Å². The minimum Gasteiger partial charge on any atom is -0.454 e. The molecule has 1 saturated heterocycles. The Bertz CT molecular complexity index is 1360. The summed E-state index contributed by atoms with van der Waals surface area (Å²) in [6.07, 6.45) is 51.8. The zero-order chi connectivity index (χ0) is 54.7. The van der Waals surface area contributed by atoms with Crippen molar-refractivity contribution in [1.29, 1.82) is 0 Å². The topological polar surface area (TPSA) is 175 Å². The number of amides is 1. The fourth-order valence-corrected chi connectivity index (χ4v) is 9.98. The van der Waals surface area contributed by atoms with Crippen molar-refractivity contribution in [2.75, 3.05) is 13.2 Å². The number of esters is 1. The number of nitrogens with one attached hydrogen (secondary N) is 1. The van der Waals surface area contributed by atoms with Gasteiger partial charge in [0.25, 0.3) is 0 Å². The Labute approximate surface area is 460 Å². The average Bonchev–Trinajstić information content (AvgIpc) is 3.41. The lowest BCUT2D eigenvalue weighted by Gasteiger charge is -2.41. The molecule has 0 aromatic carbocycles. The number of aliphatic hydroxyl groups excluding tert-OH is 5.